The van der Waals surface area contributed by atoms with Crippen molar-refractivity contribution in [2.24, 2.45) is 5.41 Å². The second-order valence-electron chi connectivity index (χ2n) is 6.20. The van der Waals surface area contributed by atoms with Gasteiger partial charge in [-0.3, -0.25) is 9.59 Å². The first kappa shape index (κ1) is 19.0. The Kier molecular flexibility index (Phi) is 7.07. The molecule has 128 valence electrons. The van der Waals surface area contributed by atoms with Gasteiger partial charge in [-0.15, -0.1) is 0 Å². The van der Waals surface area contributed by atoms with Crippen LogP contribution in [-0.2, 0) is 16.1 Å². The van der Waals surface area contributed by atoms with Crippen molar-refractivity contribution in [2.45, 2.75) is 40.2 Å². The molecule has 0 aromatic heterocycles. The first-order valence-corrected chi connectivity index (χ1v) is 8.00. The fourth-order valence-corrected chi connectivity index (χ4v) is 2.32. The van der Waals surface area contributed by atoms with Crippen molar-refractivity contribution < 1.29 is 14.3 Å². The average Bonchev–Trinajstić information content (AvgIpc) is 2.56. The summed E-state index contributed by atoms with van der Waals surface area (Å²) in [5.41, 5.74) is -0.212. The number of hydrogen-bond acceptors (Lipinski definition) is 3. The van der Waals surface area contributed by atoms with E-state index in [1.165, 1.54) is 0 Å². The van der Waals surface area contributed by atoms with Crippen LogP contribution in [0.3, 0.4) is 0 Å². The molecule has 0 bridgehead atoms. The van der Waals surface area contributed by atoms with Crippen molar-refractivity contribution in [3.05, 3.63) is 29.8 Å². The number of rotatable bonds is 8. The number of carbonyl (C=O) groups is 2. The highest BCUT2D eigenvalue weighted by molar-refractivity contribution is 6.04. The molecule has 0 aliphatic heterocycles. The van der Waals surface area contributed by atoms with E-state index in [-0.39, 0.29) is 11.8 Å². The summed E-state index contributed by atoms with van der Waals surface area (Å²) >= 11 is 0. The molecule has 0 spiro atoms. The molecular formula is C18H28N2O3. The van der Waals surface area contributed by atoms with Gasteiger partial charge in [0.25, 0.3) is 0 Å². The Hall–Kier alpha value is -2.04. The highest BCUT2D eigenvalue weighted by Crippen LogP contribution is 2.21. The third kappa shape index (κ3) is 4.98. The summed E-state index contributed by atoms with van der Waals surface area (Å²) in [7, 11) is 3.34. The van der Waals surface area contributed by atoms with Crippen LogP contribution in [0.15, 0.2) is 24.3 Å². The van der Waals surface area contributed by atoms with Crippen LogP contribution in [0.25, 0.3) is 0 Å². The summed E-state index contributed by atoms with van der Waals surface area (Å²) in [6.45, 7) is 6.39. The fourth-order valence-electron chi connectivity index (χ4n) is 2.32. The topological polar surface area (TPSA) is 58.6 Å². The molecule has 2 amide bonds. The summed E-state index contributed by atoms with van der Waals surface area (Å²) < 4.78 is 5.27. The molecule has 0 saturated heterocycles. The number of hydrogen-bond donors (Lipinski definition) is 1. The largest absolute Gasteiger partial charge is 0.496 e. The molecule has 0 fully saturated rings. The summed E-state index contributed by atoms with van der Waals surface area (Å²) in [6.07, 6.45) is 1.94. The third-order valence-electron chi connectivity index (χ3n) is 3.93. The highest BCUT2D eigenvalue weighted by Gasteiger charge is 2.37. The lowest BCUT2D eigenvalue weighted by Crippen LogP contribution is -2.48. The molecule has 5 nitrogen and oxygen atoms in total. The van der Waals surface area contributed by atoms with Crippen molar-refractivity contribution in [1.29, 1.82) is 0 Å². The zero-order valence-electron chi connectivity index (χ0n) is 14.8. The Morgan fingerprint density at radius 2 is 1.91 bits per heavy atom. The summed E-state index contributed by atoms with van der Waals surface area (Å²) in [5, 5.41) is 2.84. The lowest BCUT2D eigenvalue weighted by molar-refractivity contribution is -0.147. The number of carbonyl (C=O) groups excluding carboxylic acids is 2. The second kappa shape index (κ2) is 8.56. The van der Waals surface area contributed by atoms with Crippen LogP contribution in [0.4, 0.5) is 0 Å². The van der Waals surface area contributed by atoms with E-state index in [4.69, 9.17) is 4.74 Å². The molecule has 0 heterocycles. The minimum Gasteiger partial charge on any atom is -0.496 e. The van der Waals surface area contributed by atoms with Crippen molar-refractivity contribution >= 4 is 11.8 Å². The predicted octanol–water partition coefficient (Wildman–Crippen LogP) is 2.60. The van der Waals surface area contributed by atoms with Gasteiger partial charge in [0.1, 0.15) is 11.2 Å². The van der Waals surface area contributed by atoms with Crippen LogP contribution in [0.2, 0.25) is 0 Å². The predicted molar refractivity (Wildman–Crippen MR) is 91.2 cm³/mol. The number of unbranched alkanes of at least 4 members (excludes halogenated alkanes) is 1. The Bertz CT molecular complexity index is 541. The van der Waals surface area contributed by atoms with Gasteiger partial charge in [-0.25, -0.2) is 0 Å². The number of amides is 2. The minimum atomic E-state index is -1.09. The first-order valence-electron chi connectivity index (χ1n) is 8.00. The summed E-state index contributed by atoms with van der Waals surface area (Å²) in [6, 6.07) is 7.50. The Balaban J connectivity index is 2.69. The number of nitrogens with one attached hydrogen (secondary N) is 1. The van der Waals surface area contributed by atoms with Crippen molar-refractivity contribution in [2.75, 3.05) is 20.7 Å². The lowest BCUT2D eigenvalue weighted by Gasteiger charge is -2.28. The number of nitrogens with zero attached hydrogens (tertiary/aromatic N) is 1. The van der Waals surface area contributed by atoms with E-state index in [0.717, 1.165) is 24.2 Å². The quantitative estimate of drug-likeness (QED) is 0.749. The summed E-state index contributed by atoms with van der Waals surface area (Å²) in [4.78, 5) is 26.6. The van der Waals surface area contributed by atoms with E-state index in [1.807, 2.05) is 24.3 Å². The van der Waals surface area contributed by atoms with E-state index >= 15 is 0 Å². The smallest absolute Gasteiger partial charge is 0.237 e. The molecule has 0 atom stereocenters. The number of benzene rings is 1. The Labute approximate surface area is 139 Å². The van der Waals surface area contributed by atoms with Gasteiger partial charge in [-0.05, 0) is 26.3 Å². The van der Waals surface area contributed by atoms with Gasteiger partial charge in [0.2, 0.25) is 11.8 Å². The number of ether oxygens (including phenoxy) is 1. The van der Waals surface area contributed by atoms with Gasteiger partial charge < -0.3 is 15.0 Å². The number of methoxy groups -OCH3 is 1. The molecule has 5 heteroatoms. The Morgan fingerprint density at radius 1 is 1.26 bits per heavy atom. The number of para-hydroxylation sites is 1. The molecule has 23 heavy (non-hydrogen) atoms. The van der Waals surface area contributed by atoms with Crippen molar-refractivity contribution in [1.82, 2.24) is 10.2 Å². The van der Waals surface area contributed by atoms with Gasteiger partial charge in [0, 0.05) is 25.7 Å². The minimum absolute atomic E-state index is 0.163. The van der Waals surface area contributed by atoms with Gasteiger partial charge in [0.05, 0.1) is 7.11 Å². The standard InChI is InChI=1S/C18H28N2O3/c1-6-7-12-20(4)17(22)18(2,3)16(21)19-13-14-10-8-9-11-15(14)23-5/h8-11H,6-7,12-13H2,1-5H3,(H,19,21). The molecule has 1 N–H and O–H groups in total. The SMILES string of the molecule is CCCCN(C)C(=O)C(C)(C)C(=O)NCc1ccccc1OC. The van der Waals surface area contributed by atoms with Crippen LogP contribution >= 0.6 is 0 Å². The van der Waals surface area contributed by atoms with Crippen molar-refractivity contribution in [3.63, 3.8) is 0 Å². The first-order chi connectivity index (χ1) is 10.8. The Morgan fingerprint density at radius 3 is 2.52 bits per heavy atom. The van der Waals surface area contributed by atoms with Crippen LogP contribution in [0, 0.1) is 5.41 Å². The molecule has 0 unspecified atom stereocenters. The van der Waals surface area contributed by atoms with Crippen LogP contribution in [-0.4, -0.2) is 37.4 Å². The molecule has 0 aliphatic rings. The maximum atomic E-state index is 12.5. The summed E-state index contributed by atoms with van der Waals surface area (Å²) in [5.74, 6) is 0.275. The second-order valence-corrected chi connectivity index (χ2v) is 6.20. The van der Waals surface area contributed by atoms with Crippen LogP contribution < -0.4 is 10.1 Å². The third-order valence-corrected chi connectivity index (χ3v) is 3.93. The molecule has 0 aliphatic carbocycles. The van der Waals surface area contributed by atoms with Crippen LogP contribution in [0.1, 0.15) is 39.2 Å². The van der Waals surface area contributed by atoms with E-state index in [9.17, 15) is 9.59 Å². The molecule has 0 radical (unpaired) electrons. The van der Waals surface area contributed by atoms with Gasteiger partial charge in [-0.1, -0.05) is 31.5 Å². The van der Waals surface area contributed by atoms with Crippen LogP contribution in [0.5, 0.6) is 5.75 Å². The van der Waals surface area contributed by atoms with E-state index in [1.54, 1.807) is 32.9 Å². The van der Waals surface area contributed by atoms with Gasteiger partial charge >= 0.3 is 0 Å². The molecule has 1 aromatic carbocycles. The molecular weight excluding hydrogens is 292 g/mol. The maximum Gasteiger partial charge on any atom is 0.237 e. The van der Waals surface area contributed by atoms with Gasteiger partial charge in [0.15, 0.2) is 0 Å². The monoisotopic (exact) mass is 320 g/mol. The normalized spacial score (nSPS) is 11.0. The van der Waals surface area contributed by atoms with Gasteiger partial charge in [-0.2, -0.15) is 0 Å². The fraction of sp³-hybridized carbons (Fsp3) is 0.556. The van der Waals surface area contributed by atoms with E-state index in [2.05, 4.69) is 12.2 Å². The highest BCUT2D eigenvalue weighted by atomic mass is 16.5. The van der Waals surface area contributed by atoms with E-state index in [0.29, 0.717) is 13.1 Å². The lowest BCUT2D eigenvalue weighted by atomic mass is 9.90. The maximum absolute atomic E-state index is 12.5. The molecule has 0 saturated carbocycles. The van der Waals surface area contributed by atoms with E-state index < -0.39 is 5.41 Å². The van der Waals surface area contributed by atoms with Crippen molar-refractivity contribution in [3.8, 4) is 5.75 Å². The zero-order chi connectivity index (χ0) is 17.5. The molecule has 1 aromatic rings. The average molecular weight is 320 g/mol. The zero-order valence-corrected chi connectivity index (χ0v) is 14.8. The molecule has 1 rings (SSSR count).